The molecule has 0 saturated carbocycles. The quantitative estimate of drug-likeness (QED) is 0.884. The van der Waals surface area contributed by atoms with Crippen molar-refractivity contribution in [1.82, 2.24) is 0 Å². The Labute approximate surface area is 122 Å². The molecule has 0 saturated heterocycles. The first-order valence-electron chi connectivity index (χ1n) is 5.83. The lowest BCUT2D eigenvalue weighted by Gasteiger charge is -2.10. The van der Waals surface area contributed by atoms with Crippen molar-refractivity contribution < 1.29 is 12.8 Å². The maximum absolute atomic E-state index is 13.4. The molecule has 3 nitrogen and oxygen atoms in total. The predicted molar refractivity (Wildman–Crippen MR) is 77.9 cm³/mol. The van der Waals surface area contributed by atoms with Crippen LogP contribution in [0.5, 0.6) is 0 Å². The van der Waals surface area contributed by atoms with Crippen molar-refractivity contribution in [1.29, 1.82) is 0 Å². The van der Waals surface area contributed by atoms with Gasteiger partial charge in [0.25, 0.3) is 0 Å². The van der Waals surface area contributed by atoms with Gasteiger partial charge in [-0.25, -0.2) is 12.8 Å². The fraction of sp³-hybridized carbons (Fsp3) is 0.143. The standard InChI is InChI=1S/C14H13ClFNO2S/c1-9-13(17)3-2-4-14(9)20(18,19)8-10-5-6-11(15)12(16)7-10/h2-7H,8,17H2,1H3. The van der Waals surface area contributed by atoms with Gasteiger partial charge in [0.2, 0.25) is 0 Å². The summed E-state index contributed by atoms with van der Waals surface area (Å²) in [5.41, 5.74) is 6.97. The third-order valence-corrected chi connectivity index (χ3v) is 5.13. The predicted octanol–water partition coefficient (Wildman–Crippen LogP) is 3.34. The molecule has 0 aliphatic rings. The molecule has 106 valence electrons. The molecule has 0 amide bonds. The molecule has 6 heteroatoms. The Kier molecular flexibility index (Phi) is 4.01. The Morgan fingerprint density at radius 1 is 1.25 bits per heavy atom. The van der Waals surface area contributed by atoms with Gasteiger partial charge in [0.15, 0.2) is 9.84 Å². The van der Waals surface area contributed by atoms with E-state index in [9.17, 15) is 12.8 Å². The van der Waals surface area contributed by atoms with Crippen molar-refractivity contribution in [3.63, 3.8) is 0 Å². The molecule has 2 N–H and O–H groups in total. The number of sulfone groups is 1. The Hall–Kier alpha value is -1.59. The summed E-state index contributed by atoms with van der Waals surface area (Å²) in [7, 11) is -3.59. The molecule has 0 spiro atoms. The Morgan fingerprint density at radius 3 is 2.60 bits per heavy atom. The molecular formula is C14H13ClFNO2S. The van der Waals surface area contributed by atoms with Crippen molar-refractivity contribution in [3.05, 3.63) is 58.4 Å². The number of hydrogen-bond acceptors (Lipinski definition) is 3. The number of nitrogen functional groups attached to an aromatic ring is 1. The van der Waals surface area contributed by atoms with Gasteiger partial charge < -0.3 is 5.73 Å². The minimum absolute atomic E-state index is 0.0358. The largest absolute Gasteiger partial charge is 0.398 e. The molecule has 0 fully saturated rings. The smallest absolute Gasteiger partial charge is 0.182 e. The van der Waals surface area contributed by atoms with Gasteiger partial charge in [0.1, 0.15) is 5.82 Å². The van der Waals surface area contributed by atoms with E-state index in [2.05, 4.69) is 0 Å². The van der Waals surface area contributed by atoms with E-state index >= 15 is 0 Å². The summed E-state index contributed by atoms with van der Waals surface area (Å²) in [6.45, 7) is 1.64. The van der Waals surface area contributed by atoms with Crippen LogP contribution in [-0.2, 0) is 15.6 Å². The first-order chi connectivity index (χ1) is 9.31. The molecule has 0 atom stereocenters. The van der Waals surface area contributed by atoms with Gasteiger partial charge in [-0.3, -0.25) is 0 Å². The van der Waals surface area contributed by atoms with E-state index < -0.39 is 15.7 Å². The highest BCUT2D eigenvalue weighted by atomic mass is 35.5. The molecule has 0 heterocycles. The SMILES string of the molecule is Cc1c(N)cccc1S(=O)(=O)Cc1ccc(Cl)c(F)c1. The molecule has 2 aromatic rings. The molecule has 0 bridgehead atoms. The first kappa shape index (κ1) is 14.8. The van der Waals surface area contributed by atoms with E-state index in [1.165, 1.54) is 18.2 Å². The lowest BCUT2D eigenvalue weighted by Crippen LogP contribution is -2.08. The molecule has 0 aromatic heterocycles. The summed E-state index contributed by atoms with van der Waals surface area (Å²) in [6.07, 6.45) is 0. The van der Waals surface area contributed by atoms with Gasteiger partial charge in [-0.15, -0.1) is 0 Å². The maximum Gasteiger partial charge on any atom is 0.182 e. The van der Waals surface area contributed by atoms with Gasteiger partial charge in [-0.1, -0.05) is 23.7 Å². The van der Waals surface area contributed by atoms with Crippen molar-refractivity contribution in [2.75, 3.05) is 5.73 Å². The van der Waals surface area contributed by atoms with Crippen LogP contribution in [0.2, 0.25) is 5.02 Å². The molecular weight excluding hydrogens is 301 g/mol. The third-order valence-electron chi connectivity index (χ3n) is 3.00. The average molecular weight is 314 g/mol. The van der Waals surface area contributed by atoms with E-state index in [0.29, 0.717) is 16.8 Å². The van der Waals surface area contributed by atoms with Crippen LogP contribution in [0.25, 0.3) is 0 Å². The number of nitrogens with two attached hydrogens (primary N) is 1. The molecule has 0 unspecified atom stereocenters. The second-order valence-corrected chi connectivity index (χ2v) is 6.84. The summed E-state index contributed by atoms with van der Waals surface area (Å²) in [5.74, 6) is -0.936. The van der Waals surface area contributed by atoms with Crippen LogP contribution in [0.15, 0.2) is 41.3 Å². The van der Waals surface area contributed by atoms with Gasteiger partial charge >= 0.3 is 0 Å². The molecule has 0 aliphatic heterocycles. The summed E-state index contributed by atoms with van der Waals surface area (Å²) >= 11 is 5.57. The minimum atomic E-state index is -3.59. The summed E-state index contributed by atoms with van der Waals surface area (Å²) < 4.78 is 38.1. The molecule has 2 aromatic carbocycles. The van der Waals surface area contributed by atoms with Gasteiger partial charge in [0, 0.05) is 5.69 Å². The lowest BCUT2D eigenvalue weighted by molar-refractivity contribution is 0.594. The van der Waals surface area contributed by atoms with Crippen LogP contribution in [0.4, 0.5) is 10.1 Å². The number of halogens is 2. The van der Waals surface area contributed by atoms with Crippen molar-refractivity contribution in [2.24, 2.45) is 0 Å². The Balaban J connectivity index is 2.41. The Bertz CT molecular complexity index is 760. The number of benzene rings is 2. The monoisotopic (exact) mass is 313 g/mol. The van der Waals surface area contributed by atoms with Crippen molar-refractivity contribution in [3.8, 4) is 0 Å². The van der Waals surface area contributed by atoms with Gasteiger partial charge in [0.05, 0.1) is 15.7 Å². The number of hydrogen-bond donors (Lipinski definition) is 1. The van der Waals surface area contributed by atoms with Crippen LogP contribution < -0.4 is 5.73 Å². The average Bonchev–Trinajstić information content (AvgIpc) is 2.36. The van der Waals surface area contributed by atoms with Crippen LogP contribution in [0, 0.1) is 12.7 Å². The summed E-state index contributed by atoms with van der Waals surface area (Å²) in [6, 6.07) is 8.67. The Morgan fingerprint density at radius 2 is 1.95 bits per heavy atom. The highest BCUT2D eigenvalue weighted by Crippen LogP contribution is 2.25. The van der Waals surface area contributed by atoms with Gasteiger partial charge in [-0.05, 0) is 42.3 Å². The zero-order chi connectivity index (χ0) is 14.9. The molecule has 20 heavy (non-hydrogen) atoms. The van der Waals surface area contributed by atoms with Crippen LogP contribution in [0.3, 0.4) is 0 Å². The maximum atomic E-state index is 13.4. The van der Waals surface area contributed by atoms with Crippen molar-refractivity contribution in [2.45, 2.75) is 17.6 Å². The molecule has 0 aliphatic carbocycles. The second-order valence-electron chi connectivity index (χ2n) is 4.48. The normalized spacial score (nSPS) is 11.6. The van der Waals surface area contributed by atoms with E-state index in [-0.39, 0.29) is 15.7 Å². The summed E-state index contributed by atoms with van der Waals surface area (Å²) in [5, 5.41) is -0.0358. The first-order valence-corrected chi connectivity index (χ1v) is 7.86. The lowest BCUT2D eigenvalue weighted by atomic mass is 10.2. The molecule has 2 rings (SSSR count). The third kappa shape index (κ3) is 2.94. The topological polar surface area (TPSA) is 60.2 Å². The van der Waals surface area contributed by atoms with Crippen LogP contribution >= 0.6 is 11.6 Å². The number of anilines is 1. The van der Waals surface area contributed by atoms with E-state index in [0.717, 1.165) is 6.07 Å². The van der Waals surface area contributed by atoms with Crippen LogP contribution in [-0.4, -0.2) is 8.42 Å². The molecule has 0 radical (unpaired) electrons. The van der Waals surface area contributed by atoms with Crippen LogP contribution in [0.1, 0.15) is 11.1 Å². The second kappa shape index (κ2) is 5.42. The highest BCUT2D eigenvalue weighted by Gasteiger charge is 2.19. The minimum Gasteiger partial charge on any atom is -0.398 e. The van der Waals surface area contributed by atoms with E-state index in [1.807, 2.05) is 0 Å². The van der Waals surface area contributed by atoms with E-state index in [4.69, 9.17) is 17.3 Å². The van der Waals surface area contributed by atoms with E-state index in [1.54, 1.807) is 19.1 Å². The van der Waals surface area contributed by atoms with Gasteiger partial charge in [-0.2, -0.15) is 0 Å². The highest BCUT2D eigenvalue weighted by molar-refractivity contribution is 7.90. The van der Waals surface area contributed by atoms with Crippen molar-refractivity contribution >= 4 is 27.1 Å². The summed E-state index contributed by atoms with van der Waals surface area (Å²) in [4.78, 5) is 0.160. The zero-order valence-corrected chi connectivity index (χ0v) is 12.3. The number of rotatable bonds is 3. The zero-order valence-electron chi connectivity index (χ0n) is 10.7. The fourth-order valence-corrected chi connectivity index (χ4v) is 3.66. The fourth-order valence-electron chi connectivity index (χ4n) is 1.89.